The summed E-state index contributed by atoms with van der Waals surface area (Å²) in [7, 11) is 0. The molecule has 0 aromatic rings. The van der Waals surface area contributed by atoms with Crippen LogP contribution in [0.5, 0.6) is 0 Å². The third-order valence-electron chi connectivity index (χ3n) is 4.69. The van der Waals surface area contributed by atoms with Crippen molar-refractivity contribution in [2.75, 3.05) is 13.2 Å². The predicted octanol–water partition coefficient (Wildman–Crippen LogP) is 1.04. The summed E-state index contributed by atoms with van der Waals surface area (Å²) >= 11 is 0. The van der Waals surface area contributed by atoms with E-state index in [1.54, 1.807) is 13.8 Å². The van der Waals surface area contributed by atoms with Crippen molar-refractivity contribution in [1.29, 1.82) is 5.26 Å². The Bertz CT molecular complexity index is 456. The molecule has 5 heteroatoms. The smallest absolute Gasteiger partial charge is 0.314 e. The second-order valence-corrected chi connectivity index (χ2v) is 5.86. The molecule has 0 amide bonds. The first-order valence-corrected chi connectivity index (χ1v) is 6.76. The fourth-order valence-electron chi connectivity index (χ4n) is 3.48. The predicted molar refractivity (Wildman–Crippen MR) is 68.0 cm³/mol. The van der Waals surface area contributed by atoms with E-state index in [2.05, 4.69) is 11.4 Å². The van der Waals surface area contributed by atoms with Gasteiger partial charge in [-0.15, -0.1) is 0 Å². The van der Waals surface area contributed by atoms with Crippen molar-refractivity contribution >= 4 is 11.8 Å². The highest BCUT2D eigenvalue weighted by Crippen LogP contribution is 2.55. The van der Waals surface area contributed by atoms with Gasteiger partial charge in [0.25, 0.3) is 0 Å². The van der Waals surface area contributed by atoms with Gasteiger partial charge in [-0.2, -0.15) is 5.26 Å². The molecule has 1 heterocycles. The largest absolute Gasteiger partial charge is 0.466 e. The van der Waals surface area contributed by atoms with E-state index in [1.807, 2.05) is 6.92 Å². The van der Waals surface area contributed by atoms with Crippen LogP contribution in [0.1, 0.15) is 33.6 Å². The van der Waals surface area contributed by atoms with Crippen molar-refractivity contribution in [3.8, 4) is 6.07 Å². The highest BCUT2D eigenvalue weighted by molar-refractivity contribution is 5.97. The second kappa shape index (κ2) is 4.61. The topological polar surface area (TPSA) is 79.2 Å². The maximum atomic E-state index is 12.3. The average Bonchev–Trinajstić information content (AvgIpc) is 2.61. The van der Waals surface area contributed by atoms with Crippen LogP contribution >= 0.6 is 0 Å². The van der Waals surface area contributed by atoms with Crippen LogP contribution in [0.3, 0.4) is 0 Å². The molecule has 0 unspecified atom stereocenters. The van der Waals surface area contributed by atoms with Crippen LogP contribution in [0.4, 0.5) is 0 Å². The molecule has 2 rings (SSSR count). The Morgan fingerprint density at radius 3 is 2.89 bits per heavy atom. The fraction of sp³-hybridized carbons (Fsp3) is 0.786. The number of Topliss-reactive ketones (excluding diaryl/α,β-unsaturated/α-hetero) is 1. The number of fused-ring (bicyclic) bond motifs is 1. The molecule has 0 radical (unpaired) electrons. The SMILES string of the molecule is CCOC(=O)[C@@]12CN[C@@H](C)C[C@H]1[C@@](C)(C#N)C(=O)C2. The van der Waals surface area contributed by atoms with Crippen molar-refractivity contribution in [3.63, 3.8) is 0 Å². The Hall–Kier alpha value is -1.41. The van der Waals surface area contributed by atoms with Gasteiger partial charge in [-0.05, 0) is 27.2 Å². The number of nitrogens with zero attached hydrogens (tertiary/aromatic N) is 1. The number of carbonyl (C=O) groups is 2. The van der Waals surface area contributed by atoms with Gasteiger partial charge in [-0.25, -0.2) is 0 Å². The molecule has 2 fully saturated rings. The summed E-state index contributed by atoms with van der Waals surface area (Å²) in [6.45, 7) is 6.14. The van der Waals surface area contributed by atoms with E-state index in [4.69, 9.17) is 4.74 Å². The lowest BCUT2D eigenvalue weighted by molar-refractivity contribution is -0.160. The molecule has 0 bridgehead atoms. The Balaban J connectivity index is 2.44. The quantitative estimate of drug-likeness (QED) is 0.754. The number of ketones is 1. The van der Waals surface area contributed by atoms with Gasteiger partial charge >= 0.3 is 5.97 Å². The normalized spacial score (nSPS) is 41.5. The van der Waals surface area contributed by atoms with E-state index in [0.717, 1.165) is 0 Å². The fourth-order valence-corrected chi connectivity index (χ4v) is 3.48. The van der Waals surface area contributed by atoms with Gasteiger partial charge in [0.1, 0.15) is 5.41 Å². The molecule has 4 atom stereocenters. The van der Waals surface area contributed by atoms with Gasteiger partial charge in [-0.3, -0.25) is 9.59 Å². The molecule has 1 saturated heterocycles. The first kappa shape index (κ1) is 14.0. The molecule has 2 aliphatic rings. The summed E-state index contributed by atoms with van der Waals surface area (Å²) in [6, 6.07) is 2.35. The molecule has 1 N–H and O–H groups in total. The maximum absolute atomic E-state index is 12.3. The molecular weight excluding hydrogens is 244 g/mol. The van der Waals surface area contributed by atoms with Crippen LogP contribution < -0.4 is 5.32 Å². The summed E-state index contributed by atoms with van der Waals surface area (Å²) in [5.41, 5.74) is -1.92. The standard InChI is InChI=1S/C14H20N2O3/c1-4-19-12(18)14-6-11(17)13(3,7-15)10(14)5-9(2)16-8-14/h9-10,16H,4-6,8H2,1-3H3/t9-,10-,13+,14-/m0/s1. The first-order chi connectivity index (χ1) is 8.90. The van der Waals surface area contributed by atoms with Gasteiger partial charge in [0.2, 0.25) is 0 Å². The van der Waals surface area contributed by atoms with Gasteiger partial charge in [0.15, 0.2) is 5.78 Å². The first-order valence-electron chi connectivity index (χ1n) is 6.76. The number of esters is 1. The molecule has 0 aromatic carbocycles. The van der Waals surface area contributed by atoms with Crippen LogP contribution in [-0.2, 0) is 14.3 Å². The Morgan fingerprint density at radius 2 is 2.32 bits per heavy atom. The minimum absolute atomic E-state index is 0.111. The zero-order chi connectivity index (χ0) is 14.3. The lowest BCUT2D eigenvalue weighted by atomic mass is 9.65. The molecule has 1 aliphatic carbocycles. The summed E-state index contributed by atoms with van der Waals surface area (Å²) < 4.78 is 5.17. The van der Waals surface area contributed by atoms with E-state index in [1.165, 1.54) is 0 Å². The van der Waals surface area contributed by atoms with E-state index in [0.29, 0.717) is 19.6 Å². The maximum Gasteiger partial charge on any atom is 0.314 e. The Kier molecular flexibility index (Phi) is 3.40. The highest BCUT2D eigenvalue weighted by Gasteiger charge is 2.65. The second-order valence-electron chi connectivity index (χ2n) is 5.86. The zero-order valence-electron chi connectivity index (χ0n) is 11.7. The highest BCUT2D eigenvalue weighted by atomic mass is 16.5. The summed E-state index contributed by atoms with van der Waals surface area (Å²) in [5.74, 6) is -0.733. The van der Waals surface area contributed by atoms with Crippen LogP contribution in [0.25, 0.3) is 0 Å². The van der Waals surface area contributed by atoms with Crippen LogP contribution in [0.15, 0.2) is 0 Å². The Labute approximate surface area is 113 Å². The minimum Gasteiger partial charge on any atom is -0.466 e. The molecular formula is C14H20N2O3. The van der Waals surface area contributed by atoms with Crippen LogP contribution in [-0.4, -0.2) is 30.9 Å². The molecule has 0 spiro atoms. The number of rotatable bonds is 2. The van der Waals surface area contributed by atoms with E-state index in [-0.39, 0.29) is 30.1 Å². The monoisotopic (exact) mass is 264 g/mol. The van der Waals surface area contributed by atoms with E-state index < -0.39 is 10.8 Å². The van der Waals surface area contributed by atoms with Crippen molar-refractivity contribution in [2.45, 2.75) is 39.7 Å². The molecule has 104 valence electrons. The van der Waals surface area contributed by atoms with Crippen LogP contribution in [0.2, 0.25) is 0 Å². The zero-order valence-corrected chi connectivity index (χ0v) is 11.7. The van der Waals surface area contributed by atoms with Crippen molar-refractivity contribution in [3.05, 3.63) is 0 Å². The van der Waals surface area contributed by atoms with Crippen LogP contribution in [0, 0.1) is 28.1 Å². The lowest BCUT2D eigenvalue weighted by Crippen LogP contribution is -2.55. The van der Waals surface area contributed by atoms with Crippen molar-refractivity contribution < 1.29 is 14.3 Å². The average molecular weight is 264 g/mol. The molecule has 1 saturated carbocycles. The molecule has 19 heavy (non-hydrogen) atoms. The molecule has 0 aromatic heterocycles. The Morgan fingerprint density at radius 1 is 1.63 bits per heavy atom. The summed E-state index contributed by atoms with van der Waals surface area (Å²) in [4.78, 5) is 24.6. The number of carbonyl (C=O) groups excluding carboxylic acids is 2. The molecule has 1 aliphatic heterocycles. The number of hydrogen-bond acceptors (Lipinski definition) is 5. The van der Waals surface area contributed by atoms with Crippen molar-refractivity contribution in [1.82, 2.24) is 5.32 Å². The number of nitrogens with one attached hydrogen (secondary N) is 1. The van der Waals surface area contributed by atoms with Gasteiger partial charge in [0.05, 0.1) is 18.1 Å². The molecule has 5 nitrogen and oxygen atoms in total. The summed E-state index contributed by atoms with van der Waals surface area (Å²) in [6.07, 6.45) is 0.759. The third kappa shape index (κ3) is 1.86. The minimum atomic E-state index is -1.07. The third-order valence-corrected chi connectivity index (χ3v) is 4.69. The van der Waals surface area contributed by atoms with E-state index >= 15 is 0 Å². The lowest BCUT2D eigenvalue weighted by Gasteiger charge is -2.42. The van der Waals surface area contributed by atoms with Gasteiger partial charge < -0.3 is 10.1 Å². The number of nitriles is 1. The van der Waals surface area contributed by atoms with E-state index in [9.17, 15) is 14.9 Å². The number of piperidine rings is 1. The number of ether oxygens (including phenoxy) is 1. The van der Waals surface area contributed by atoms with Crippen molar-refractivity contribution in [2.24, 2.45) is 16.7 Å². The number of hydrogen-bond donors (Lipinski definition) is 1. The van der Waals surface area contributed by atoms with Gasteiger partial charge in [-0.1, -0.05) is 0 Å². The van der Waals surface area contributed by atoms with Gasteiger partial charge in [0, 0.05) is 24.9 Å². The summed E-state index contributed by atoms with van der Waals surface area (Å²) in [5, 5.41) is 12.7.